The second-order valence-electron chi connectivity index (χ2n) is 6.61. The van der Waals surface area contributed by atoms with Crippen molar-refractivity contribution in [3.05, 3.63) is 29.8 Å². The van der Waals surface area contributed by atoms with Crippen molar-refractivity contribution in [1.29, 1.82) is 0 Å². The fourth-order valence-electron chi connectivity index (χ4n) is 3.30. The maximum atomic E-state index is 12.7. The van der Waals surface area contributed by atoms with Crippen LogP contribution in [0.4, 0.5) is 0 Å². The van der Waals surface area contributed by atoms with Gasteiger partial charge >= 0.3 is 0 Å². The van der Waals surface area contributed by atoms with E-state index in [1.54, 1.807) is 16.9 Å². The number of nitrogens with one attached hydrogen (secondary N) is 1. The summed E-state index contributed by atoms with van der Waals surface area (Å²) in [5, 5.41) is 3.88. The lowest BCUT2D eigenvalue weighted by Crippen LogP contribution is -2.42. The molecular weight excluding hydrogens is 348 g/mol. The normalized spacial score (nSPS) is 17.7. The van der Waals surface area contributed by atoms with Crippen molar-refractivity contribution >= 4 is 23.4 Å². The van der Waals surface area contributed by atoms with E-state index >= 15 is 0 Å². The standard InChI is InChI=1S/C19H24N4O4/c1-27-16-6-3-2-5-14(16)13-18(25)22-9-4-10-23(12-11-22)19(26)15-7-8-17(24)21-20-15/h2-3,5-6H,4,7-13H2,1H3,(H,21,24). The number of para-hydroxylation sites is 1. The molecule has 1 fully saturated rings. The number of ether oxygens (including phenoxy) is 1. The molecule has 3 amide bonds. The molecule has 8 heteroatoms. The maximum Gasteiger partial charge on any atom is 0.270 e. The first-order valence-corrected chi connectivity index (χ1v) is 9.13. The summed E-state index contributed by atoms with van der Waals surface area (Å²) in [6.45, 7) is 2.13. The summed E-state index contributed by atoms with van der Waals surface area (Å²) in [6.07, 6.45) is 1.62. The molecule has 0 aromatic heterocycles. The Kier molecular flexibility index (Phi) is 6.05. The zero-order valence-electron chi connectivity index (χ0n) is 15.4. The minimum absolute atomic E-state index is 0.0241. The number of hydrogen-bond donors (Lipinski definition) is 1. The second kappa shape index (κ2) is 8.66. The highest BCUT2D eigenvalue weighted by Gasteiger charge is 2.27. The lowest BCUT2D eigenvalue weighted by Gasteiger charge is -2.23. The van der Waals surface area contributed by atoms with Gasteiger partial charge in [0.15, 0.2) is 0 Å². The first-order valence-electron chi connectivity index (χ1n) is 9.13. The van der Waals surface area contributed by atoms with Crippen molar-refractivity contribution in [1.82, 2.24) is 15.2 Å². The maximum absolute atomic E-state index is 12.7. The monoisotopic (exact) mass is 372 g/mol. The van der Waals surface area contributed by atoms with Crippen molar-refractivity contribution in [2.24, 2.45) is 5.10 Å². The van der Waals surface area contributed by atoms with Gasteiger partial charge in [-0.3, -0.25) is 14.4 Å². The number of carbonyl (C=O) groups is 3. The number of amides is 3. The van der Waals surface area contributed by atoms with Gasteiger partial charge in [0.1, 0.15) is 11.5 Å². The highest BCUT2D eigenvalue weighted by Crippen LogP contribution is 2.19. The van der Waals surface area contributed by atoms with E-state index in [4.69, 9.17) is 4.74 Å². The van der Waals surface area contributed by atoms with E-state index in [-0.39, 0.29) is 30.6 Å². The van der Waals surface area contributed by atoms with Crippen molar-refractivity contribution in [3.63, 3.8) is 0 Å². The minimum Gasteiger partial charge on any atom is -0.496 e. The van der Waals surface area contributed by atoms with E-state index in [9.17, 15) is 14.4 Å². The van der Waals surface area contributed by atoms with Gasteiger partial charge in [0, 0.05) is 44.6 Å². The molecule has 2 aliphatic rings. The Balaban J connectivity index is 1.58. The van der Waals surface area contributed by atoms with Crippen molar-refractivity contribution < 1.29 is 19.1 Å². The van der Waals surface area contributed by atoms with E-state index in [1.807, 2.05) is 24.3 Å². The Morgan fingerprint density at radius 3 is 2.59 bits per heavy atom. The molecule has 27 heavy (non-hydrogen) atoms. The fraction of sp³-hybridized carbons (Fsp3) is 0.474. The first kappa shape index (κ1) is 18.9. The Morgan fingerprint density at radius 2 is 1.85 bits per heavy atom. The van der Waals surface area contributed by atoms with Gasteiger partial charge in [-0.2, -0.15) is 5.10 Å². The Morgan fingerprint density at radius 1 is 1.11 bits per heavy atom. The third-order valence-electron chi connectivity index (χ3n) is 4.82. The molecular formula is C19H24N4O4. The molecule has 0 aliphatic carbocycles. The van der Waals surface area contributed by atoms with Crippen LogP contribution in [0, 0.1) is 0 Å². The van der Waals surface area contributed by atoms with E-state index in [1.165, 1.54) is 0 Å². The van der Waals surface area contributed by atoms with Gasteiger partial charge in [-0.05, 0) is 12.5 Å². The van der Waals surface area contributed by atoms with E-state index in [0.29, 0.717) is 50.5 Å². The van der Waals surface area contributed by atoms with Gasteiger partial charge in [0.05, 0.1) is 13.5 Å². The Hall–Kier alpha value is -2.90. The summed E-state index contributed by atoms with van der Waals surface area (Å²) >= 11 is 0. The number of hydrogen-bond acceptors (Lipinski definition) is 5. The summed E-state index contributed by atoms with van der Waals surface area (Å²) in [6, 6.07) is 7.49. The average Bonchev–Trinajstić information content (AvgIpc) is 2.95. The highest BCUT2D eigenvalue weighted by molar-refractivity contribution is 6.39. The molecule has 0 spiro atoms. The smallest absolute Gasteiger partial charge is 0.270 e. The molecule has 2 aliphatic heterocycles. The topological polar surface area (TPSA) is 91.3 Å². The van der Waals surface area contributed by atoms with Crippen LogP contribution in [-0.4, -0.2) is 66.5 Å². The second-order valence-corrected chi connectivity index (χ2v) is 6.61. The molecule has 1 aromatic rings. The van der Waals surface area contributed by atoms with Gasteiger partial charge < -0.3 is 14.5 Å². The number of rotatable bonds is 4. The zero-order valence-corrected chi connectivity index (χ0v) is 15.4. The number of methoxy groups -OCH3 is 1. The highest BCUT2D eigenvalue weighted by atomic mass is 16.5. The first-order chi connectivity index (χ1) is 13.1. The molecule has 0 bridgehead atoms. The lowest BCUT2D eigenvalue weighted by molar-refractivity contribution is -0.131. The molecule has 0 unspecified atom stereocenters. The van der Waals surface area contributed by atoms with Crippen LogP contribution in [0.25, 0.3) is 0 Å². The summed E-state index contributed by atoms with van der Waals surface area (Å²) in [5.74, 6) is 0.399. The van der Waals surface area contributed by atoms with Crippen molar-refractivity contribution in [3.8, 4) is 5.75 Å². The molecule has 0 atom stereocenters. The van der Waals surface area contributed by atoms with Crippen molar-refractivity contribution in [2.45, 2.75) is 25.7 Å². The Labute approximate surface area is 158 Å². The summed E-state index contributed by atoms with van der Waals surface area (Å²) in [7, 11) is 1.59. The molecule has 1 aromatic carbocycles. The molecule has 1 N–H and O–H groups in total. The van der Waals surface area contributed by atoms with Crippen LogP contribution < -0.4 is 10.2 Å². The van der Waals surface area contributed by atoms with Crippen LogP contribution >= 0.6 is 0 Å². The molecule has 1 saturated heterocycles. The quantitative estimate of drug-likeness (QED) is 0.836. The van der Waals surface area contributed by atoms with E-state index in [2.05, 4.69) is 10.5 Å². The molecule has 144 valence electrons. The minimum atomic E-state index is -0.171. The van der Waals surface area contributed by atoms with Crippen LogP contribution in [0.1, 0.15) is 24.8 Å². The predicted octanol–water partition coefficient (Wildman–Crippen LogP) is 0.565. The number of benzene rings is 1. The number of nitrogens with zero attached hydrogens (tertiary/aromatic N) is 3. The largest absolute Gasteiger partial charge is 0.496 e. The summed E-state index contributed by atoms with van der Waals surface area (Å²) in [4.78, 5) is 40.0. The lowest BCUT2D eigenvalue weighted by atomic mass is 10.1. The molecule has 0 radical (unpaired) electrons. The molecule has 8 nitrogen and oxygen atoms in total. The predicted molar refractivity (Wildman–Crippen MR) is 99.3 cm³/mol. The summed E-state index contributed by atoms with van der Waals surface area (Å²) < 4.78 is 5.31. The van der Waals surface area contributed by atoms with Crippen LogP contribution in [0.3, 0.4) is 0 Å². The van der Waals surface area contributed by atoms with Crippen LogP contribution in [0.15, 0.2) is 29.4 Å². The number of hydrazone groups is 1. The van der Waals surface area contributed by atoms with Crippen LogP contribution in [0.5, 0.6) is 5.75 Å². The van der Waals surface area contributed by atoms with Gasteiger partial charge in [0.25, 0.3) is 5.91 Å². The number of carbonyl (C=O) groups excluding carboxylic acids is 3. The van der Waals surface area contributed by atoms with Gasteiger partial charge in [-0.25, -0.2) is 5.43 Å². The van der Waals surface area contributed by atoms with Crippen LogP contribution in [-0.2, 0) is 20.8 Å². The van der Waals surface area contributed by atoms with Gasteiger partial charge in [-0.1, -0.05) is 18.2 Å². The third-order valence-corrected chi connectivity index (χ3v) is 4.82. The average molecular weight is 372 g/mol. The summed E-state index contributed by atoms with van der Waals surface area (Å²) in [5.41, 5.74) is 3.59. The van der Waals surface area contributed by atoms with E-state index < -0.39 is 0 Å². The van der Waals surface area contributed by atoms with E-state index in [0.717, 1.165) is 5.56 Å². The molecule has 0 saturated carbocycles. The zero-order chi connectivity index (χ0) is 19.2. The molecule has 3 rings (SSSR count). The third kappa shape index (κ3) is 4.64. The Bertz CT molecular complexity index is 762. The SMILES string of the molecule is COc1ccccc1CC(=O)N1CCCN(C(=O)C2=NNC(=O)CC2)CC1. The fourth-order valence-corrected chi connectivity index (χ4v) is 3.30. The van der Waals surface area contributed by atoms with Crippen LogP contribution in [0.2, 0.25) is 0 Å². The molecule has 2 heterocycles. The van der Waals surface area contributed by atoms with Crippen molar-refractivity contribution in [2.75, 3.05) is 33.3 Å². The van der Waals surface area contributed by atoms with Gasteiger partial charge in [0.2, 0.25) is 11.8 Å². The van der Waals surface area contributed by atoms with Gasteiger partial charge in [-0.15, -0.1) is 0 Å².